The zero-order chi connectivity index (χ0) is 11.1. The van der Waals surface area contributed by atoms with E-state index in [0.29, 0.717) is 6.54 Å². The van der Waals surface area contributed by atoms with Crippen LogP contribution in [0.2, 0.25) is 0 Å². The molecular formula is C12H17NO2. The van der Waals surface area contributed by atoms with Crippen LogP contribution in [0.4, 0.5) is 0 Å². The normalized spacial score (nSPS) is 9.73. The third-order valence-corrected chi connectivity index (χ3v) is 2.05. The quantitative estimate of drug-likeness (QED) is 0.799. The van der Waals surface area contributed by atoms with Crippen LogP contribution in [-0.4, -0.2) is 19.1 Å². The van der Waals surface area contributed by atoms with Crippen molar-refractivity contribution in [3.8, 4) is 5.75 Å². The number of aryl methyl sites for hydroxylation is 1. The van der Waals surface area contributed by atoms with Crippen LogP contribution in [0, 0.1) is 0 Å². The van der Waals surface area contributed by atoms with Gasteiger partial charge >= 0.3 is 0 Å². The highest BCUT2D eigenvalue weighted by Gasteiger charge is 2.00. The number of hydrogen-bond donors (Lipinski definition) is 1. The number of ether oxygens (including phenoxy) is 1. The largest absolute Gasteiger partial charge is 0.484 e. The molecule has 0 spiro atoms. The summed E-state index contributed by atoms with van der Waals surface area (Å²) in [4.78, 5) is 11.1. The lowest BCUT2D eigenvalue weighted by Gasteiger charge is -2.06. The highest BCUT2D eigenvalue weighted by Crippen LogP contribution is 2.13. The number of nitrogens with one attached hydrogen (secondary N) is 1. The Morgan fingerprint density at radius 3 is 2.87 bits per heavy atom. The molecule has 0 fully saturated rings. The van der Waals surface area contributed by atoms with Gasteiger partial charge in [-0.3, -0.25) is 4.79 Å². The molecule has 82 valence electrons. The molecule has 0 aromatic heterocycles. The topological polar surface area (TPSA) is 38.3 Å². The molecular weight excluding hydrogens is 190 g/mol. The Morgan fingerprint density at radius 2 is 2.20 bits per heavy atom. The summed E-state index contributed by atoms with van der Waals surface area (Å²) in [5.74, 6) is 0.667. The average molecular weight is 207 g/mol. The second-order valence-electron chi connectivity index (χ2n) is 3.24. The third-order valence-electron chi connectivity index (χ3n) is 2.05. The summed E-state index contributed by atoms with van der Waals surface area (Å²) in [6.45, 7) is 4.69. The van der Waals surface area contributed by atoms with Crippen LogP contribution in [0.25, 0.3) is 0 Å². The zero-order valence-electron chi connectivity index (χ0n) is 9.25. The van der Waals surface area contributed by atoms with E-state index in [0.717, 1.165) is 12.2 Å². The highest BCUT2D eigenvalue weighted by molar-refractivity contribution is 5.77. The molecule has 0 aliphatic carbocycles. The maximum Gasteiger partial charge on any atom is 0.257 e. The molecule has 0 radical (unpaired) electrons. The summed E-state index contributed by atoms with van der Waals surface area (Å²) in [6.07, 6.45) is 0.971. The van der Waals surface area contributed by atoms with E-state index < -0.39 is 0 Å². The molecule has 15 heavy (non-hydrogen) atoms. The van der Waals surface area contributed by atoms with Crippen LogP contribution in [0.15, 0.2) is 24.3 Å². The summed E-state index contributed by atoms with van der Waals surface area (Å²) in [5, 5.41) is 2.68. The van der Waals surface area contributed by atoms with Gasteiger partial charge in [0.15, 0.2) is 6.61 Å². The number of amides is 1. The molecule has 1 aromatic carbocycles. The van der Waals surface area contributed by atoms with Crippen molar-refractivity contribution >= 4 is 5.91 Å². The minimum absolute atomic E-state index is 0.0839. The molecule has 0 saturated carbocycles. The molecule has 3 nitrogen and oxygen atoms in total. The summed E-state index contributed by atoms with van der Waals surface area (Å²) in [7, 11) is 0. The lowest BCUT2D eigenvalue weighted by atomic mass is 10.2. The van der Waals surface area contributed by atoms with Gasteiger partial charge in [-0.15, -0.1) is 0 Å². The number of carbonyl (C=O) groups excluding carboxylic acids is 1. The van der Waals surface area contributed by atoms with E-state index in [1.54, 1.807) is 0 Å². The van der Waals surface area contributed by atoms with Gasteiger partial charge in [0.2, 0.25) is 0 Å². The van der Waals surface area contributed by atoms with E-state index in [2.05, 4.69) is 12.2 Å². The first-order valence-electron chi connectivity index (χ1n) is 5.24. The summed E-state index contributed by atoms with van der Waals surface area (Å²) in [5.41, 5.74) is 1.21. The van der Waals surface area contributed by atoms with E-state index >= 15 is 0 Å². The average Bonchev–Trinajstić information content (AvgIpc) is 2.27. The van der Waals surface area contributed by atoms with Gasteiger partial charge in [-0.1, -0.05) is 19.1 Å². The van der Waals surface area contributed by atoms with Crippen molar-refractivity contribution in [1.29, 1.82) is 0 Å². The molecule has 0 aliphatic rings. The van der Waals surface area contributed by atoms with E-state index in [1.807, 2.05) is 31.2 Å². The number of likely N-dealkylation sites (N-methyl/N-ethyl adjacent to an activating group) is 1. The maximum atomic E-state index is 11.1. The molecule has 1 amide bonds. The fourth-order valence-electron chi connectivity index (χ4n) is 1.25. The predicted molar refractivity (Wildman–Crippen MR) is 60.0 cm³/mol. The first kappa shape index (κ1) is 11.6. The van der Waals surface area contributed by atoms with Crippen LogP contribution in [-0.2, 0) is 11.2 Å². The molecule has 0 bridgehead atoms. The van der Waals surface area contributed by atoms with Crippen LogP contribution < -0.4 is 10.1 Å². The molecule has 0 aliphatic heterocycles. The highest BCUT2D eigenvalue weighted by atomic mass is 16.5. The van der Waals surface area contributed by atoms with Gasteiger partial charge in [-0.05, 0) is 31.0 Å². The Morgan fingerprint density at radius 1 is 1.40 bits per heavy atom. The summed E-state index contributed by atoms with van der Waals surface area (Å²) < 4.78 is 5.35. The predicted octanol–water partition coefficient (Wildman–Crippen LogP) is 1.76. The van der Waals surface area contributed by atoms with Crippen LogP contribution in [0.1, 0.15) is 19.4 Å². The van der Waals surface area contributed by atoms with Crippen LogP contribution in [0.3, 0.4) is 0 Å². The van der Waals surface area contributed by atoms with Gasteiger partial charge in [0, 0.05) is 6.54 Å². The monoisotopic (exact) mass is 207 g/mol. The van der Waals surface area contributed by atoms with Gasteiger partial charge < -0.3 is 10.1 Å². The smallest absolute Gasteiger partial charge is 0.257 e. The molecule has 0 atom stereocenters. The van der Waals surface area contributed by atoms with Crippen molar-refractivity contribution in [2.45, 2.75) is 20.3 Å². The first-order chi connectivity index (χ1) is 7.26. The van der Waals surface area contributed by atoms with E-state index in [4.69, 9.17) is 4.74 Å². The van der Waals surface area contributed by atoms with Gasteiger partial charge in [0.1, 0.15) is 5.75 Å². The lowest BCUT2D eigenvalue weighted by Crippen LogP contribution is -2.28. The molecule has 0 heterocycles. The fraction of sp³-hybridized carbons (Fsp3) is 0.417. The Balaban J connectivity index is 2.46. The van der Waals surface area contributed by atoms with Crippen molar-refractivity contribution in [2.24, 2.45) is 0 Å². The Kier molecular flexibility index (Phi) is 4.68. The van der Waals surface area contributed by atoms with E-state index in [1.165, 1.54) is 5.56 Å². The number of rotatable bonds is 5. The molecule has 1 rings (SSSR count). The van der Waals surface area contributed by atoms with E-state index in [9.17, 15) is 4.79 Å². The summed E-state index contributed by atoms with van der Waals surface area (Å²) >= 11 is 0. The van der Waals surface area contributed by atoms with Gasteiger partial charge in [0.25, 0.3) is 5.91 Å². The second-order valence-corrected chi connectivity index (χ2v) is 3.24. The van der Waals surface area contributed by atoms with Crippen molar-refractivity contribution in [2.75, 3.05) is 13.2 Å². The number of carbonyl (C=O) groups is 1. The lowest BCUT2D eigenvalue weighted by molar-refractivity contribution is -0.122. The first-order valence-corrected chi connectivity index (χ1v) is 5.24. The molecule has 1 N–H and O–H groups in total. The standard InChI is InChI=1S/C12H17NO2/c1-3-10-6-5-7-11(8-10)15-9-12(14)13-4-2/h5-8H,3-4,9H2,1-2H3,(H,13,14). The Hall–Kier alpha value is -1.51. The minimum Gasteiger partial charge on any atom is -0.484 e. The number of hydrogen-bond acceptors (Lipinski definition) is 2. The van der Waals surface area contributed by atoms with Crippen LogP contribution in [0.5, 0.6) is 5.75 Å². The Bertz CT molecular complexity index is 323. The second kappa shape index (κ2) is 6.06. The van der Waals surface area contributed by atoms with Gasteiger partial charge in [-0.25, -0.2) is 0 Å². The zero-order valence-corrected chi connectivity index (χ0v) is 9.25. The molecule has 1 aromatic rings. The van der Waals surface area contributed by atoms with Crippen molar-refractivity contribution < 1.29 is 9.53 Å². The third kappa shape index (κ3) is 4.02. The number of benzene rings is 1. The van der Waals surface area contributed by atoms with Crippen molar-refractivity contribution in [1.82, 2.24) is 5.32 Å². The molecule has 0 saturated heterocycles. The SMILES string of the molecule is CCNC(=O)COc1cccc(CC)c1. The molecule has 3 heteroatoms. The van der Waals surface area contributed by atoms with Gasteiger partial charge in [0.05, 0.1) is 0 Å². The summed E-state index contributed by atoms with van der Waals surface area (Å²) in [6, 6.07) is 7.79. The van der Waals surface area contributed by atoms with Gasteiger partial charge in [-0.2, -0.15) is 0 Å². The Labute approximate surface area is 90.4 Å². The van der Waals surface area contributed by atoms with Crippen molar-refractivity contribution in [3.05, 3.63) is 29.8 Å². The minimum atomic E-state index is -0.0839. The maximum absolute atomic E-state index is 11.1. The van der Waals surface area contributed by atoms with E-state index in [-0.39, 0.29) is 12.5 Å². The molecule has 0 unspecified atom stereocenters. The fourth-order valence-corrected chi connectivity index (χ4v) is 1.25. The van der Waals surface area contributed by atoms with Crippen molar-refractivity contribution in [3.63, 3.8) is 0 Å². The van der Waals surface area contributed by atoms with Crippen LogP contribution >= 0.6 is 0 Å².